The molecule has 0 bridgehead atoms. The molecule has 0 unspecified atom stereocenters. The van der Waals surface area contributed by atoms with Crippen LogP contribution in [0.2, 0.25) is 0 Å². The molecule has 1 aromatic heterocycles. The molecule has 1 aliphatic carbocycles. The first-order chi connectivity index (χ1) is 14.0. The number of aromatic nitrogens is 3. The number of carbonyl (C=O) groups excluding carboxylic acids is 2. The zero-order valence-electron chi connectivity index (χ0n) is 17.3. The van der Waals surface area contributed by atoms with E-state index in [1.165, 1.54) is 24.6 Å². The third kappa shape index (κ3) is 5.59. The predicted octanol–water partition coefficient (Wildman–Crippen LogP) is 3.25. The molecule has 1 saturated carbocycles. The second-order valence-electron chi connectivity index (χ2n) is 7.48. The van der Waals surface area contributed by atoms with Gasteiger partial charge in [0.25, 0.3) is 5.91 Å². The van der Waals surface area contributed by atoms with E-state index < -0.39 is 0 Å². The molecule has 156 valence electrons. The van der Waals surface area contributed by atoms with Gasteiger partial charge in [0.2, 0.25) is 5.91 Å². The second kappa shape index (κ2) is 9.91. The van der Waals surface area contributed by atoms with Crippen LogP contribution in [0.15, 0.2) is 29.4 Å². The van der Waals surface area contributed by atoms with Gasteiger partial charge in [-0.05, 0) is 45.7 Å². The Morgan fingerprint density at radius 3 is 2.55 bits per heavy atom. The van der Waals surface area contributed by atoms with Crippen molar-refractivity contribution in [3.63, 3.8) is 0 Å². The smallest absolute Gasteiger partial charge is 0.251 e. The van der Waals surface area contributed by atoms with E-state index in [0.29, 0.717) is 34.9 Å². The van der Waals surface area contributed by atoms with Gasteiger partial charge < -0.3 is 15.2 Å². The lowest BCUT2D eigenvalue weighted by molar-refractivity contribution is -0.119. The Bertz CT molecular complexity index is 843. The Morgan fingerprint density at radius 2 is 1.90 bits per heavy atom. The monoisotopic (exact) mass is 415 g/mol. The first kappa shape index (κ1) is 21.4. The molecule has 1 fully saturated rings. The van der Waals surface area contributed by atoms with Crippen molar-refractivity contribution in [1.82, 2.24) is 25.4 Å². The van der Waals surface area contributed by atoms with Crippen LogP contribution in [0.5, 0.6) is 0 Å². The average Bonchev–Trinajstić information content (AvgIpc) is 3.36. The third-order valence-electron chi connectivity index (χ3n) is 5.16. The number of aryl methyl sites for hydroxylation is 1. The van der Waals surface area contributed by atoms with Gasteiger partial charge in [-0.3, -0.25) is 9.59 Å². The van der Waals surface area contributed by atoms with E-state index in [0.717, 1.165) is 18.4 Å². The lowest BCUT2D eigenvalue weighted by atomic mass is 10.1. The zero-order chi connectivity index (χ0) is 20.8. The summed E-state index contributed by atoms with van der Waals surface area (Å²) in [5.74, 6) is 0.897. The van der Waals surface area contributed by atoms with Crippen LogP contribution in [0.1, 0.15) is 67.3 Å². The number of hydrogen-bond donors (Lipinski definition) is 2. The summed E-state index contributed by atoms with van der Waals surface area (Å²) < 4.78 is 1.95. The fraction of sp³-hybridized carbons (Fsp3) is 0.524. The van der Waals surface area contributed by atoms with Gasteiger partial charge in [-0.25, -0.2) is 0 Å². The molecule has 0 aliphatic heterocycles. The summed E-state index contributed by atoms with van der Waals surface area (Å²) >= 11 is 1.38. The summed E-state index contributed by atoms with van der Waals surface area (Å²) in [7, 11) is 0. The molecule has 1 heterocycles. The minimum atomic E-state index is -0.294. The van der Waals surface area contributed by atoms with E-state index >= 15 is 0 Å². The Labute approximate surface area is 176 Å². The highest BCUT2D eigenvalue weighted by atomic mass is 32.2. The molecule has 29 heavy (non-hydrogen) atoms. The average molecular weight is 416 g/mol. The normalized spacial score (nSPS) is 15.3. The third-order valence-corrected chi connectivity index (χ3v) is 6.13. The highest BCUT2D eigenvalue weighted by Crippen LogP contribution is 2.22. The lowest BCUT2D eigenvalue weighted by Gasteiger charge is -2.15. The molecule has 2 N–H and O–H groups in total. The van der Waals surface area contributed by atoms with E-state index in [2.05, 4.69) is 20.8 Å². The topological polar surface area (TPSA) is 88.9 Å². The van der Waals surface area contributed by atoms with Crippen molar-refractivity contribution in [2.45, 2.75) is 70.2 Å². The van der Waals surface area contributed by atoms with Gasteiger partial charge in [0.05, 0.1) is 11.8 Å². The van der Waals surface area contributed by atoms with Crippen LogP contribution >= 0.6 is 11.8 Å². The minimum Gasteiger partial charge on any atom is -0.353 e. The summed E-state index contributed by atoms with van der Waals surface area (Å²) in [5, 5.41) is 15.3. The zero-order valence-corrected chi connectivity index (χ0v) is 18.1. The number of nitrogens with one attached hydrogen (secondary N) is 2. The summed E-state index contributed by atoms with van der Waals surface area (Å²) in [6.45, 7) is 6.55. The summed E-state index contributed by atoms with van der Waals surface area (Å²) in [5.41, 5.74) is 1.72. The molecule has 2 amide bonds. The Hall–Kier alpha value is -2.35. The van der Waals surface area contributed by atoms with Crippen LogP contribution in [0, 0.1) is 6.92 Å². The number of nitrogens with zero attached hydrogens (tertiary/aromatic N) is 3. The van der Waals surface area contributed by atoms with E-state index in [9.17, 15) is 9.59 Å². The number of carbonyl (C=O) groups is 2. The summed E-state index contributed by atoms with van der Waals surface area (Å²) in [4.78, 5) is 24.7. The van der Waals surface area contributed by atoms with E-state index in [-0.39, 0.29) is 17.9 Å². The first-order valence-corrected chi connectivity index (χ1v) is 11.2. The van der Waals surface area contributed by atoms with Crippen molar-refractivity contribution in [2.24, 2.45) is 0 Å². The molecule has 0 spiro atoms. The van der Waals surface area contributed by atoms with E-state index in [1.54, 1.807) is 0 Å². The van der Waals surface area contributed by atoms with Crippen molar-refractivity contribution in [3.05, 3.63) is 41.2 Å². The number of benzene rings is 1. The maximum absolute atomic E-state index is 12.5. The highest BCUT2D eigenvalue weighted by molar-refractivity contribution is 7.99. The van der Waals surface area contributed by atoms with Crippen LogP contribution in [0.25, 0.3) is 0 Å². The fourth-order valence-corrected chi connectivity index (χ4v) is 4.36. The Kier molecular flexibility index (Phi) is 7.30. The number of rotatable bonds is 8. The van der Waals surface area contributed by atoms with Crippen LogP contribution < -0.4 is 10.6 Å². The van der Waals surface area contributed by atoms with Gasteiger partial charge in [0.1, 0.15) is 0 Å². The van der Waals surface area contributed by atoms with Crippen LogP contribution in [0.3, 0.4) is 0 Å². The largest absolute Gasteiger partial charge is 0.353 e. The highest BCUT2D eigenvalue weighted by Gasteiger charge is 2.21. The maximum Gasteiger partial charge on any atom is 0.251 e. The summed E-state index contributed by atoms with van der Waals surface area (Å²) in [6, 6.07) is 7.48. The van der Waals surface area contributed by atoms with Crippen molar-refractivity contribution >= 4 is 23.6 Å². The van der Waals surface area contributed by atoms with E-state index in [4.69, 9.17) is 0 Å². The molecule has 2 aromatic rings. The summed E-state index contributed by atoms with van der Waals surface area (Å²) in [6.07, 6.45) is 4.53. The molecule has 0 saturated heterocycles. The number of hydrogen-bond acceptors (Lipinski definition) is 5. The number of thioether (sulfide) groups is 1. The first-order valence-electron chi connectivity index (χ1n) is 10.2. The second-order valence-corrected chi connectivity index (χ2v) is 8.43. The van der Waals surface area contributed by atoms with Crippen LogP contribution in [-0.2, 0) is 11.3 Å². The Balaban J connectivity index is 1.59. The van der Waals surface area contributed by atoms with Crippen LogP contribution in [-0.4, -0.2) is 38.4 Å². The van der Waals surface area contributed by atoms with Gasteiger partial charge in [-0.2, -0.15) is 0 Å². The fourth-order valence-electron chi connectivity index (χ4n) is 3.54. The van der Waals surface area contributed by atoms with Crippen molar-refractivity contribution in [3.8, 4) is 0 Å². The SMILES string of the molecule is CCn1c(SCC(=O)NC2CCCC2)nnc1[C@H](C)NC(=O)c1ccc(C)cc1. The van der Waals surface area contributed by atoms with Gasteiger partial charge in [0.15, 0.2) is 11.0 Å². The molecule has 0 radical (unpaired) electrons. The molecule has 3 rings (SSSR count). The number of amides is 2. The Morgan fingerprint density at radius 1 is 1.21 bits per heavy atom. The minimum absolute atomic E-state index is 0.0369. The molecule has 1 aliphatic rings. The molecule has 1 aromatic carbocycles. The maximum atomic E-state index is 12.5. The van der Waals surface area contributed by atoms with Crippen LogP contribution in [0.4, 0.5) is 0 Å². The molecule has 1 atom stereocenters. The molecule has 7 nitrogen and oxygen atoms in total. The molecular formula is C21H29N5O2S. The standard InChI is InChI=1S/C21H29N5O2S/c1-4-26-19(15(3)22-20(28)16-11-9-14(2)10-12-16)24-25-21(26)29-13-18(27)23-17-7-5-6-8-17/h9-12,15,17H,4-8,13H2,1-3H3,(H,22,28)(H,23,27)/t15-/m0/s1. The van der Waals surface area contributed by atoms with Gasteiger partial charge in [-0.15, -0.1) is 10.2 Å². The van der Waals surface area contributed by atoms with Crippen molar-refractivity contribution < 1.29 is 9.59 Å². The van der Waals surface area contributed by atoms with Gasteiger partial charge in [-0.1, -0.05) is 42.3 Å². The molecule has 8 heteroatoms. The van der Waals surface area contributed by atoms with Gasteiger partial charge >= 0.3 is 0 Å². The van der Waals surface area contributed by atoms with Gasteiger partial charge in [0, 0.05) is 18.2 Å². The van der Waals surface area contributed by atoms with Crippen molar-refractivity contribution in [2.75, 3.05) is 5.75 Å². The predicted molar refractivity (Wildman–Crippen MR) is 114 cm³/mol. The van der Waals surface area contributed by atoms with E-state index in [1.807, 2.05) is 49.6 Å². The molecular weight excluding hydrogens is 386 g/mol. The lowest BCUT2D eigenvalue weighted by Crippen LogP contribution is -2.33. The quantitative estimate of drug-likeness (QED) is 0.646. The van der Waals surface area contributed by atoms with Crippen molar-refractivity contribution in [1.29, 1.82) is 0 Å².